The van der Waals surface area contributed by atoms with E-state index in [2.05, 4.69) is 10.2 Å². The summed E-state index contributed by atoms with van der Waals surface area (Å²) in [5.74, 6) is -1.17. The lowest BCUT2D eigenvalue weighted by Crippen LogP contribution is -2.61. The Hall–Kier alpha value is -2.06. The van der Waals surface area contributed by atoms with Gasteiger partial charge in [0.05, 0.1) is 13.4 Å². The molecule has 1 aromatic rings. The number of nitrogens with one attached hydrogen (secondary N) is 1. The summed E-state index contributed by atoms with van der Waals surface area (Å²) in [5, 5.41) is 22.3. The smallest absolute Gasteiger partial charge is 0.335 e. The minimum Gasteiger partial charge on any atom is -0.480 e. The average molecular weight is 427 g/mol. The van der Waals surface area contributed by atoms with Gasteiger partial charge in [0.25, 0.3) is 0 Å². The predicted molar refractivity (Wildman–Crippen MR) is 122 cm³/mol. The second kappa shape index (κ2) is 10.5. The van der Waals surface area contributed by atoms with E-state index in [9.17, 15) is 14.7 Å². The van der Waals surface area contributed by atoms with Crippen LogP contribution in [-0.2, 0) is 4.79 Å². The van der Waals surface area contributed by atoms with Crippen molar-refractivity contribution in [1.29, 1.82) is 0 Å². The number of anilines is 1. The van der Waals surface area contributed by atoms with Crippen molar-refractivity contribution in [2.45, 2.75) is 62.8 Å². The zero-order chi connectivity index (χ0) is 22.4. The number of nitrogens with zero attached hydrogens (tertiary/aromatic N) is 1. The fraction of sp³-hybridized carbons (Fsp3) is 0.652. The number of unbranched alkanes of at least 4 members (excludes halogenated alkanes) is 1. The maximum Gasteiger partial charge on any atom is 0.335 e. The van der Waals surface area contributed by atoms with E-state index in [0.29, 0.717) is 30.3 Å². The number of hydrogen-bond donors (Lipinski definition) is 4. The zero-order valence-electron chi connectivity index (χ0n) is 18.1. The largest absolute Gasteiger partial charge is 0.480 e. The van der Waals surface area contributed by atoms with E-state index >= 15 is 0 Å². The van der Waals surface area contributed by atoms with Gasteiger partial charge in [-0.3, -0.25) is 4.79 Å². The van der Waals surface area contributed by atoms with Crippen LogP contribution in [-0.4, -0.2) is 61.2 Å². The van der Waals surface area contributed by atoms with E-state index in [4.69, 9.17) is 18.7 Å². The Kier molecular flexibility index (Phi) is 8.00. The van der Waals surface area contributed by atoms with Crippen LogP contribution in [0.15, 0.2) is 24.3 Å². The van der Waals surface area contributed by atoms with E-state index in [1.54, 1.807) is 12.1 Å². The van der Waals surface area contributed by atoms with Crippen molar-refractivity contribution in [2.24, 2.45) is 17.6 Å². The van der Waals surface area contributed by atoms with Crippen LogP contribution in [0.5, 0.6) is 0 Å². The minimum absolute atomic E-state index is 0.0240. The van der Waals surface area contributed by atoms with Gasteiger partial charge in [0.1, 0.15) is 5.54 Å². The van der Waals surface area contributed by atoms with Crippen LogP contribution in [0.1, 0.15) is 55.3 Å². The molecule has 1 aliphatic carbocycles. The van der Waals surface area contributed by atoms with Crippen LogP contribution in [0.3, 0.4) is 0 Å². The zero-order valence-corrected chi connectivity index (χ0v) is 18.1. The molecule has 5 N–H and O–H groups in total. The third-order valence-corrected chi connectivity index (χ3v) is 7.10. The van der Waals surface area contributed by atoms with E-state index in [-0.39, 0.29) is 5.92 Å². The lowest BCUT2D eigenvalue weighted by atomic mass is 9.66. The first-order valence-electron chi connectivity index (χ1n) is 11.4. The van der Waals surface area contributed by atoms with Gasteiger partial charge in [-0.25, -0.2) is 4.79 Å². The SMILES string of the molecule is [B]CCCCC(N)(C(=O)O)C1CC(NCC2CCN(c3ccc(C(=O)O)cc3)CC2)C1. The number of aliphatic carboxylic acids is 1. The van der Waals surface area contributed by atoms with Crippen LogP contribution in [0, 0.1) is 11.8 Å². The Morgan fingerprint density at radius 2 is 1.77 bits per heavy atom. The standard InChI is InChI=1S/C23H34BN3O4/c24-10-2-1-9-23(25,22(30)31)18-13-19(14-18)26-15-16-7-11-27(12-8-16)20-5-3-17(4-6-20)21(28)29/h3-6,16,18-19,26H,1-2,7-15,25H2,(H,28,29)(H,30,31). The molecule has 1 saturated carbocycles. The van der Waals surface area contributed by atoms with Crippen molar-refractivity contribution < 1.29 is 19.8 Å². The molecule has 1 unspecified atom stereocenters. The molecule has 1 aromatic carbocycles. The van der Waals surface area contributed by atoms with Gasteiger partial charge >= 0.3 is 11.9 Å². The highest BCUT2D eigenvalue weighted by atomic mass is 16.4. The normalized spacial score (nSPS) is 23.7. The molecule has 2 aliphatic rings. The molecule has 3 rings (SSSR count). The van der Waals surface area contributed by atoms with Gasteiger partial charge in [-0.05, 0) is 74.8 Å². The summed E-state index contributed by atoms with van der Waals surface area (Å²) in [6.07, 6.45) is 6.42. The minimum atomic E-state index is -1.13. The maximum absolute atomic E-state index is 11.8. The second-order valence-electron chi connectivity index (χ2n) is 9.15. The monoisotopic (exact) mass is 427 g/mol. The third-order valence-electron chi connectivity index (χ3n) is 7.10. The maximum atomic E-state index is 11.8. The summed E-state index contributed by atoms with van der Waals surface area (Å²) in [5.41, 5.74) is 6.53. The Labute approximate surface area is 185 Å². The Morgan fingerprint density at radius 3 is 2.32 bits per heavy atom. The summed E-state index contributed by atoms with van der Waals surface area (Å²) in [6.45, 7) is 2.86. The number of hydrogen-bond acceptors (Lipinski definition) is 5. The summed E-state index contributed by atoms with van der Waals surface area (Å²) in [7, 11) is 5.52. The summed E-state index contributed by atoms with van der Waals surface area (Å²) >= 11 is 0. The molecular formula is C23H34BN3O4. The number of aromatic carboxylic acids is 1. The van der Waals surface area contributed by atoms with E-state index in [1.807, 2.05) is 12.1 Å². The van der Waals surface area contributed by atoms with Gasteiger partial charge in [-0.15, -0.1) is 0 Å². The lowest BCUT2D eigenvalue weighted by molar-refractivity contribution is -0.148. The Morgan fingerprint density at radius 1 is 1.13 bits per heavy atom. The Bertz CT molecular complexity index is 746. The van der Waals surface area contributed by atoms with Crippen molar-refractivity contribution >= 4 is 25.5 Å². The molecule has 2 fully saturated rings. The molecule has 8 heteroatoms. The van der Waals surface area contributed by atoms with Gasteiger partial charge in [0.2, 0.25) is 0 Å². The van der Waals surface area contributed by atoms with Crippen molar-refractivity contribution in [2.75, 3.05) is 24.5 Å². The second-order valence-corrected chi connectivity index (χ2v) is 9.15. The van der Waals surface area contributed by atoms with Crippen molar-refractivity contribution in [3.63, 3.8) is 0 Å². The summed E-state index contributed by atoms with van der Waals surface area (Å²) in [6, 6.07) is 7.42. The van der Waals surface area contributed by atoms with Gasteiger partial charge < -0.3 is 26.2 Å². The number of rotatable bonds is 11. The van der Waals surface area contributed by atoms with Gasteiger partial charge in [-0.1, -0.05) is 19.2 Å². The molecule has 0 bridgehead atoms. The van der Waals surface area contributed by atoms with E-state index in [1.165, 1.54) is 0 Å². The predicted octanol–water partition coefficient (Wildman–Crippen LogP) is 2.51. The first-order chi connectivity index (χ1) is 14.8. The summed E-state index contributed by atoms with van der Waals surface area (Å²) < 4.78 is 0. The fourth-order valence-corrected chi connectivity index (χ4v) is 4.80. The van der Waals surface area contributed by atoms with Crippen molar-refractivity contribution in [3.05, 3.63) is 29.8 Å². The number of carboxylic acid groups (broad SMARTS) is 2. The van der Waals surface area contributed by atoms with Crippen LogP contribution in [0.25, 0.3) is 0 Å². The fourth-order valence-electron chi connectivity index (χ4n) is 4.80. The topological polar surface area (TPSA) is 116 Å². The highest BCUT2D eigenvalue weighted by Gasteiger charge is 2.48. The molecule has 0 amide bonds. The molecular weight excluding hydrogens is 393 g/mol. The van der Waals surface area contributed by atoms with Crippen molar-refractivity contribution in [3.8, 4) is 0 Å². The molecule has 2 radical (unpaired) electrons. The van der Waals surface area contributed by atoms with Crippen LogP contribution < -0.4 is 16.0 Å². The summed E-state index contributed by atoms with van der Waals surface area (Å²) in [4.78, 5) is 25.0. The Balaban J connectivity index is 1.38. The highest BCUT2D eigenvalue weighted by Crippen LogP contribution is 2.38. The van der Waals surface area contributed by atoms with Gasteiger partial charge in [0.15, 0.2) is 0 Å². The molecule has 1 atom stereocenters. The molecule has 1 saturated heterocycles. The number of carbonyl (C=O) groups is 2. The molecule has 7 nitrogen and oxygen atoms in total. The van der Waals surface area contributed by atoms with Crippen LogP contribution in [0.2, 0.25) is 6.32 Å². The van der Waals surface area contributed by atoms with Gasteiger partial charge in [-0.2, -0.15) is 0 Å². The lowest BCUT2D eigenvalue weighted by Gasteiger charge is -2.45. The molecule has 31 heavy (non-hydrogen) atoms. The van der Waals surface area contributed by atoms with Crippen LogP contribution >= 0.6 is 0 Å². The van der Waals surface area contributed by atoms with Gasteiger partial charge in [0, 0.05) is 24.8 Å². The molecule has 1 aliphatic heterocycles. The van der Waals surface area contributed by atoms with Crippen LogP contribution in [0.4, 0.5) is 5.69 Å². The first kappa shape index (κ1) is 23.6. The molecule has 0 aromatic heterocycles. The van der Waals surface area contributed by atoms with E-state index < -0.39 is 17.5 Å². The third kappa shape index (κ3) is 5.80. The first-order valence-corrected chi connectivity index (χ1v) is 11.4. The highest BCUT2D eigenvalue weighted by molar-refractivity contribution is 6.08. The quantitative estimate of drug-likeness (QED) is 0.317. The van der Waals surface area contributed by atoms with Crippen molar-refractivity contribution in [1.82, 2.24) is 5.32 Å². The van der Waals surface area contributed by atoms with E-state index in [0.717, 1.165) is 63.8 Å². The number of piperidine rings is 1. The molecule has 0 spiro atoms. The molecule has 1 heterocycles. The molecule has 168 valence electrons. The number of benzene rings is 1. The number of carboxylic acids is 2. The number of nitrogens with two attached hydrogens (primary N) is 1. The average Bonchev–Trinajstić information content (AvgIpc) is 2.73.